The van der Waals surface area contributed by atoms with Crippen molar-refractivity contribution in [3.63, 3.8) is 0 Å². The molecule has 9 heavy (non-hydrogen) atoms. The summed E-state index contributed by atoms with van der Waals surface area (Å²) in [5.41, 5.74) is 0. The zero-order chi connectivity index (χ0) is 6.85. The maximum Gasteiger partial charge on any atom is 0.0852 e. The van der Waals surface area contributed by atoms with Gasteiger partial charge in [0.2, 0.25) is 0 Å². The van der Waals surface area contributed by atoms with Crippen molar-refractivity contribution in [2.45, 2.75) is 6.42 Å². The minimum Gasteiger partial charge on any atom is -0.550 e. The molecule has 1 N–H and O–H groups in total. The molecule has 0 aromatic heterocycles. The van der Waals surface area contributed by atoms with Gasteiger partial charge in [-0.05, 0) is 0 Å². The van der Waals surface area contributed by atoms with E-state index in [1.807, 2.05) is 7.05 Å². The molecule has 1 fully saturated rings. The van der Waals surface area contributed by atoms with Crippen LogP contribution in [0.1, 0.15) is 6.42 Å². The molecule has 3 heteroatoms. The van der Waals surface area contributed by atoms with E-state index in [1.165, 1.54) is 4.90 Å². The lowest BCUT2D eigenvalue weighted by Gasteiger charge is -2.07. The first-order chi connectivity index (χ1) is 4.20. The van der Waals surface area contributed by atoms with Crippen LogP contribution < -0.4 is 10.0 Å². The maximum absolute atomic E-state index is 10.2. The third-order valence-electron chi connectivity index (χ3n) is 1.85. The summed E-state index contributed by atoms with van der Waals surface area (Å²) >= 11 is 0. The van der Waals surface area contributed by atoms with Gasteiger partial charge in [0.05, 0.1) is 32.0 Å². The minimum absolute atomic E-state index is 0.190. The highest BCUT2D eigenvalue weighted by Crippen LogP contribution is 2.00. The first-order valence-electron chi connectivity index (χ1n) is 3.22. The summed E-state index contributed by atoms with van der Waals surface area (Å²) in [5.74, 6) is -1.07. The van der Waals surface area contributed by atoms with Crippen molar-refractivity contribution in [1.82, 2.24) is 0 Å². The van der Waals surface area contributed by atoms with E-state index in [-0.39, 0.29) is 5.92 Å². The number of carboxylic acids is 1. The SMILES string of the molecule is C[NH+]1CC[C@@H](C(=O)[O-])C1. The summed E-state index contributed by atoms with van der Waals surface area (Å²) in [6.45, 7) is 1.71. The predicted molar refractivity (Wildman–Crippen MR) is 29.7 cm³/mol. The molecule has 0 radical (unpaired) electrons. The standard InChI is InChI=1S/C6H11NO2/c1-7-3-2-5(4-7)6(8)9/h5H,2-4H2,1H3,(H,8,9)/t5-/m1/s1. The Morgan fingerprint density at radius 3 is 2.67 bits per heavy atom. The number of nitrogens with one attached hydrogen (secondary N) is 1. The summed E-state index contributed by atoms with van der Waals surface area (Å²) in [5, 5.41) is 10.2. The monoisotopic (exact) mass is 129 g/mol. The predicted octanol–water partition coefficient (Wildman–Crippen LogP) is -2.73. The fraction of sp³-hybridized carbons (Fsp3) is 0.833. The van der Waals surface area contributed by atoms with E-state index in [4.69, 9.17) is 0 Å². The number of hydrogen-bond donors (Lipinski definition) is 1. The first kappa shape index (κ1) is 6.55. The van der Waals surface area contributed by atoms with Gasteiger partial charge in [0.25, 0.3) is 0 Å². The number of carbonyl (C=O) groups is 1. The highest BCUT2D eigenvalue weighted by molar-refractivity contribution is 5.67. The molecule has 0 aromatic carbocycles. The van der Waals surface area contributed by atoms with E-state index in [1.54, 1.807) is 0 Å². The van der Waals surface area contributed by atoms with Crippen molar-refractivity contribution in [3.8, 4) is 0 Å². The van der Waals surface area contributed by atoms with Crippen LogP contribution in [0.15, 0.2) is 0 Å². The van der Waals surface area contributed by atoms with Gasteiger partial charge in [-0.2, -0.15) is 0 Å². The van der Waals surface area contributed by atoms with Gasteiger partial charge in [0.15, 0.2) is 0 Å². The van der Waals surface area contributed by atoms with E-state index in [2.05, 4.69) is 0 Å². The number of hydrogen-bond acceptors (Lipinski definition) is 2. The second kappa shape index (κ2) is 2.35. The first-order valence-corrected chi connectivity index (χ1v) is 3.22. The molecule has 1 saturated heterocycles. The summed E-state index contributed by atoms with van der Waals surface area (Å²) in [6.07, 6.45) is 0.786. The van der Waals surface area contributed by atoms with Crippen molar-refractivity contribution >= 4 is 5.97 Å². The van der Waals surface area contributed by atoms with E-state index in [0.717, 1.165) is 19.5 Å². The number of carboxylic acid groups (broad SMARTS) is 1. The van der Waals surface area contributed by atoms with E-state index in [9.17, 15) is 9.90 Å². The fourth-order valence-electron chi connectivity index (χ4n) is 1.25. The fourth-order valence-corrected chi connectivity index (χ4v) is 1.25. The molecule has 2 atom stereocenters. The van der Waals surface area contributed by atoms with E-state index in [0.29, 0.717) is 0 Å². The molecular weight excluding hydrogens is 118 g/mol. The van der Waals surface area contributed by atoms with Crippen LogP contribution in [-0.2, 0) is 4.79 Å². The van der Waals surface area contributed by atoms with Crippen molar-refractivity contribution in [1.29, 1.82) is 0 Å². The Bertz CT molecular complexity index is 124. The molecule has 1 aliphatic heterocycles. The van der Waals surface area contributed by atoms with Crippen LogP contribution >= 0.6 is 0 Å². The summed E-state index contributed by atoms with van der Waals surface area (Å²) in [4.78, 5) is 11.5. The highest BCUT2D eigenvalue weighted by atomic mass is 16.4. The van der Waals surface area contributed by atoms with Gasteiger partial charge < -0.3 is 14.8 Å². The zero-order valence-electron chi connectivity index (χ0n) is 5.52. The van der Waals surface area contributed by atoms with Crippen molar-refractivity contribution < 1.29 is 14.8 Å². The Morgan fingerprint density at radius 1 is 1.78 bits per heavy atom. The van der Waals surface area contributed by atoms with Gasteiger partial charge in [-0.15, -0.1) is 0 Å². The molecule has 3 nitrogen and oxygen atoms in total. The molecule has 0 saturated carbocycles. The Kier molecular flexibility index (Phi) is 1.71. The molecule has 1 heterocycles. The number of rotatable bonds is 1. The number of quaternary nitrogens is 1. The largest absolute Gasteiger partial charge is 0.550 e. The second-order valence-corrected chi connectivity index (χ2v) is 2.72. The molecule has 0 bridgehead atoms. The second-order valence-electron chi connectivity index (χ2n) is 2.72. The average Bonchev–Trinajstić information content (AvgIpc) is 2.14. The van der Waals surface area contributed by atoms with Crippen LogP contribution in [0.2, 0.25) is 0 Å². The average molecular weight is 129 g/mol. The Morgan fingerprint density at radius 2 is 2.44 bits per heavy atom. The normalized spacial score (nSPS) is 34.8. The van der Waals surface area contributed by atoms with Crippen molar-refractivity contribution in [2.24, 2.45) is 5.92 Å². The van der Waals surface area contributed by atoms with Crippen molar-refractivity contribution in [3.05, 3.63) is 0 Å². The van der Waals surface area contributed by atoms with Crippen LogP contribution in [0, 0.1) is 5.92 Å². The summed E-state index contributed by atoms with van der Waals surface area (Å²) in [7, 11) is 2.00. The minimum atomic E-state index is -0.883. The lowest BCUT2D eigenvalue weighted by Crippen LogP contribution is -3.07. The maximum atomic E-state index is 10.2. The van der Waals surface area contributed by atoms with Crippen LogP contribution in [-0.4, -0.2) is 26.1 Å². The number of likely N-dealkylation sites (tertiary alicyclic amines) is 1. The topological polar surface area (TPSA) is 44.6 Å². The smallest absolute Gasteiger partial charge is 0.0852 e. The number of carbonyl (C=O) groups excluding carboxylic acids is 1. The summed E-state index contributed by atoms with van der Waals surface area (Å²) < 4.78 is 0. The van der Waals surface area contributed by atoms with Gasteiger partial charge in [-0.25, -0.2) is 0 Å². The molecule has 52 valence electrons. The molecule has 0 amide bonds. The van der Waals surface area contributed by atoms with Crippen LogP contribution in [0.4, 0.5) is 0 Å². The molecule has 0 spiro atoms. The van der Waals surface area contributed by atoms with E-state index >= 15 is 0 Å². The van der Waals surface area contributed by atoms with Gasteiger partial charge in [0, 0.05) is 6.42 Å². The van der Waals surface area contributed by atoms with Crippen LogP contribution in [0.3, 0.4) is 0 Å². The van der Waals surface area contributed by atoms with Crippen LogP contribution in [0.25, 0.3) is 0 Å². The zero-order valence-corrected chi connectivity index (χ0v) is 5.52. The third-order valence-corrected chi connectivity index (χ3v) is 1.85. The van der Waals surface area contributed by atoms with Gasteiger partial charge in [-0.1, -0.05) is 0 Å². The molecule has 0 aliphatic carbocycles. The van der Waals surface area contributed by atoms with Gasteiger partial charge in [-0.3, -0.25) is 0 Å². The quantitative estimate of drug-likeness (QED) is 0.418. The van der Waals surface area contributed by atoms with Crippen molar-refractivity contribution in [2.75, 3.05) is 20.1 Å². The Balaban J connectivity index is 2.39. The lowest BCUT2D eigenvalue weighted by molar-refractivity contribution is -0.867. The Hall–Kier alpha value is -0.570. The molecule has 0 aromatic rings. The Labute approximate surface area is 54.3 Å². The third kappa shape index (κ3) is 1.42. The molecule has 1 aliphatic rings. The molecular formula is C6H11NO2. The van der Waals surface area contributed by atoms with Gasteiger partial charge in [0.1, 0.15) is 0 Å². The van der Waals surface area contributed by atoms with Crippen LogP contribution in [0.5, 0.6) is 0 Å². The molecule has 1 rings (SSSR count). The lowest BCUT2D eigenvalue weighted by atomic mass is 10.1. The van der Waals surface area contributed by atoms with E-state index < -0.39 is 5.97 Å². The number of aliphatic carboxylic acids is 1. The molecule has 1 unspecified atom stereocenters. The van der Waals surface area contributed by atoms with Gasteiger partial charge >= 0.3 is 0 Å². The summed E-state index contributed by atoms with van der Waals surface area (Å²) in [6, 6.07) is 0. The highest BCUT2D eigenvalue weighted by Gasteiger charge is 2.23.